The number of thioether (sulfide) groups is 3. The van der Waals surface area contributed by atoms with Gasteiger partial charge in [-0.2, -0.15) is 0 Å². The SMILES string of the molecule is CC1C=CC2=C(C1)SC(C1CCC(N3/C=C\C(C4NC5C=CCCC5S4)CCC4CC(C5NC6=C(CCCC6)S5)CCC43)CC1)N2. The van der Waals surface area contributed by atoms with Crippen LogP contribution in [0.5, 0.6) is 0 Å². The van der Waals surface area contributed by atoms with E-state index in [0.29, 0.717) is 40.0 Å². The van der Waals surface area contributed by atoms with Crippen LogP contribution in [0.15, 0.2) is 57.8 Å². The second kappa shape index (κ2) is 13.4. The van der Waals surface area contributed by atoms with Gasteiger partial charge in [0.25, 0.3) is 0 Å². The van der Waals surface area contributed by atoms with Crippen molar-refractivity contribution in [2.75, 3.05) is 0 Å². The van der Waals surface area contributed by atoms with E-state index in [2.05, 4.69) is 99.6 Å². The minimum absolute atomic E-state index is 0.575. The van der Waals surface area contributed by atoms with Crippen LogP contribution in [0.1, 0.15) is 110 Å². The van der Waals surface area contributed by atoms with Crippen molar-refractivity contribution in [2.24, 2.45) is 29.6 Å². The molecule has 9 rings (SSSR count). The summed E-state index contributed by atoms with van der Waals surface area (Å²) in [5.41, 5.74) is 3.06. The summed E-state index contributed by atoms with van der Waals surface area (Å²) >= 11 is 6.68. The van der Waals surface area contributed by atoms with Crippen LogP contribution in [-0.2, 0) is 0 Å². The molecule has 3 fully saturated rings. The van der Waals surface area contributed by atoms with E-state index in [0.717, 1.165) is 29.0 Å². The Morgan fingerprint density at radius 2 is 1.59 bits per heavy atom. The zero-order chi connectivity index (χ0) is 30.6. The molecule has 0 bridgehead atoms. The molecule has 2 saturated carbocycles. The zero-order valence-electron chi connectivity index (χ0n) is 27.9. The maximum Gasteiger partial charge on any atom is 0.0795 e. The monoisotopic (exact) mass is 676 g/mol. The molecule has 0 aromatic carbocycles. The van der Waals surface area contributed by atoms with Gasteiger partial charge < -0.3 is 15.5 Å². The molecule has 0 radical (unpaired) electrons. The highest BCUT2D eigenvalue weighted by Crippen LogP contribution is 2.50. The number of nitrogens with one attached hydrogen (secondary N) is 3. The van der Waals surface area contributed by atoms with Crippen LogP contribution in [-0.4, -0.2) is 44.4 Å². The van der Waals surface area contributed by atoms with E-state index in [9.17, 15) is 0 Å². The molecule has 0 aromatic rings. The number of hydrogen-bond donors (Lipinski definition) is 3. The van der Waals surface area contributed by atoms with Gasteiger partial charge in [-0.25, -0.2) is 0 Å². The molecular formula is C39H56N4S3. The van der Waals surface area contributed by atoms with Gasteiger partial charge in [0.1, 0.15) is 0 Å². The normalized spacial score (nSPS) is 46.1. The van der Waals surface area contributed by atoms with Crippen molar-refractivity contribution in [3.05, 3.63) is 57.8 Å². The van der Waals surface area contributed by atoms with Crippen molar-refractivity contribution in [2.45, 2.75) is 149 Å². The van der Waals surface area contributed by atoms with Gasteiger partial charge in [-0.05, 0) is 139 Å². The Labute approximate surface area is 291 Å². The van der Waals surface area contributed by atoms with Gasteiger partial charge in [-0.15, -0.1) is 35.3 Å². The molecule has 1 saturated heterocycles. The number of nitrogens with zero attached hydrogens (tertiary/aromatic N) is 1. The Hall–Kier alpha value is -0.890. The lowest BCUT2D eigenvalue weighted by atomic mass is 9.72. The van der Waals surface area contributed by atoms with Crippen molar-refractivity contribution in [3.8, 4) is 0 Å². The van der Waals surface area contributed by atoms with Gasteiger partial charge in [0.15, 0.2) is 0 Å². The molecule has 250 valence electrons. The zero-order valence-corrected chi connectivity index (χ0v) is 30.3. The first-order chi connectivity index (χ1) is 22.6. The second-order valence-corrected chi connectivity index (χ2v) is 20.0. The lowest BCUT2D eigenvalue weighted by molar-refractivity contribution is 0.0525. The third kappa shape index (κ3) is 6.19. The summed E-state index contributed by atoms with van der Waals surface area (Å²) in [5, 5.41) is 14.7. The minimum atomic E-state index is 0.575. The second-order valence-electron chi connectivity index (χ2n) is 16.1. The molecular weight excluding hydrogens is 621 g/mol. The number of allylic oxidation sites excluding steroid dienone is 6. The van der Waals surface area contributed by atoms with Crippen molar-refractivity contribution in [3.63, 3.8) is 0 Å². The van der Waals surface area contributed by atoms with Crippen molar-refractivity contribution in [1.29, 1.82) is 0 Å². The molecule has 46 heavy (non-hydrogen) atoms. The summed E-state index contributed by atoms with van der Waals surface area (Å²) in [7, 11) is 0. The van der Waals surface area contributed by atoms with Gasteiger partial charge in [0.05, 0.1) is 16.1 Å². The standard InChI is InChI=1S/C39H56N4S3/c1-24-10-18-32-36(22-24)46-37(42-32)25-13-16-29(17-14-25)43-21-20-26(38-40-30-6-2-4-8-34(30)44-38)11-12-27-23-28(15-19-33(27)43)39-41-31-7-3-5-9-35(31)45-39/h2,6,10,18,20-21,24-30,33-34,37-42H,3-5,7-9,11-17,19,22-23H2,1H3/b21-20-. The Morgan fingerprint density at radius 3 is 2.48 bits per heavy atom. The fourth-order valence-electron chi connectivity index (χ4n) is 10.5. The highest BCUT2D eigenvalue weighted by atomic mass is 32.2. The highest BCUT2D eigenvalue weighted by Gasteiger charge is 2.44. The van der Waals surface area contributed by atoms with Crippen LogP contribution in [0.3, 0.4) is 0 Å². The van der Waals surface area contributed by atoms with E-state index in [1.54, 1.807) is 15.5 Å². The van der Waals surface area contributed by atoms with Crippen LogP contribution < -0.4 is 16.0 Å². The Balaban J connectivity index is 0.895. The average Bonchev–Trinajstić information content (AvgIpc) is 3.82. The summed E-state index contributed by atoms with van der Waals surface area (Å²) in [4.78, 5) is 6.32. The fourth-order valence-corrected chi connectivity index (χ4v) is 15.3. The summed E-state index contributed by atoms with van der Waals surface area (Å²) in [6, 6.07) is 2.04. The molecule has 4 heterocycles. The molecule has 4 aliphatic heterocycles. The maximum atomic E-state index is 4.09. The molecule has 3 N–H and O–H groups in total. The first-order valence-electron chi connectivity index (χ1n) is 19.2. The maximum absolute atomic E-state index is 4.09. The lowest BCUT2D eigenvalue weighted by Gasteiger charge is -2.49. The predicted octanol–water partition coefficient (Wildman–Crippen LogP) is 9.22. The van der Waals surface area contributed by atoms with Gasteiger partial charge in [-0.1, -0.05) is 31.2 Å². The van der Waals surface area contributed by atoms with E-state index in [1.165, 1.54) is 108 Å². The lowest BCUT2D eigenvalue weighted by Crippen LogP contribution is -2.50. The van der Waals surface area contributed by atoms with Crippen LogP contribution >= 0.6 is 35.3 Å². The summed E-state index contributed by atoms with van der Waals surface area (Å²) < 4.78 is 0. The molecule has 0 spiro atoms. The van der Waals surface area contributed by atoms with Crippen LogP contribution in [0.2, 0.25) is 0 Å². The first-order valence-corrected chi connectivity index (χ1v) is 21.9. The quantitative estimate of drug-likeness (QED) is 0.257. The molecule has 4 nitrogen and oxygen atoms in total. The minimum Gasteiger partial charge on any atom is -0.375 e. The van der Waals surface area contributed by atoms with Gasteiger partial charge in [0, 0.05) is 50.5 Å². The number of rotatable bonds is 4. The molecule has 5 aliphatic carbocycles. The topological polar surface area (TPSA) is 39.3 Å². The van der Waals surface area contributed by atoms with Crippen LogP contribution in [0.4, 0.5) is 0 Å². The molecule has 0 amide bonds. The van der Waals surface area contributed by atoms with Crippen molar-refractivity contribution >= 4 is 35.3 Å². The van der Waals surface area contributed by atoms with Gasteiger partial charge in [0.2, 0.25) is 0 Å². The highest BCUT2D eigenvalue weighted by molar-refractivity contribution is 8.04. The third-order valence-electron chi connectivity index (χ3n) is 13.2. The van der Waals surface area contributed by atoms with Crippen LogP contribution in [0.25, 0.3) is 0 Å². The molecule has 0 aromatic heterocycles. The first kappa shape index (κ1) is 31.1. The van der Waals surface area contributed by atoms with Gasteiger partial charge >= 0.3 is 0 Å². The summed E-state index contributed by atoms with van der Waals surface area (Å²) in [6.45, 7) is 2.36. The average molecular weight is 677 g/mol. The molecule has 7 heteroatoms. The van der Waals surface area contributed by atoms with Crippen LogP contribution in [0, 0.1) is 29.6 Å². The Morgan fingerprint density at radius 1 is 0.761 bits per heavy atom. The third-order valence-corrected chi connectivity index (χ3v) is 17.7. The predicted molar refractivity (Wildman–Crippen MR) is 199 cm³/mol. The van der Waals surface area contributed by atoms with E-state index < -0.39 is 0 Å². The van der Waals surface area contributed by atoms with E-state index >= 15 is 0 Å². The van der Waals surface area contributed by atoms with E-state index in [4.69, 9.17) is 0 Å². The van der Waals surface area contributed by atoms with Crippen molar-refractivity contribution in [1.82, 2.24) is 20.9 Å². The van der Waals surface area contributed by atoms with Gasteiger partial charge in [-0.3, -0.25) is 5.32 Å². The largest absolute Gasteiger partial charge is 0.375 e. The van der Waals surface area contributed by atoms with Crippen molar-refractivity contribution < 1.29 is 0 Å². The smallest absolute Gasteiger partial charge is 0.0795 e. The number of fused-ring (bicyclic) bond motifs is 2. The molecule has 10 unspecified atom stereocenters. The Kier molecular flexibility index (Phi) is 9.09. The summed E-state index contributed by atoms with van der Waals surface area (Å²) in [5.74, 6) is 3.78. The van der Waals surface area contributed by atoms with E-state index in [1.807, 2.05) is 0 Å². The Bertz CT molecular complexity index is 1280. The summed E-state index contributed by atoms with van der Waals surface area (Å²) in [6.07, 6.45) is 36.7. The molecule has 9 aliphatic rings. The molecule has 10 atom stereocenters. The van der Waals surface area contributed by atoms with E-state index in [-0.39, 0.29) is 0 Å². The number of hydrogen-bond acceptors (Lipinski definition) is 7. The fraction of sp³-hybridized carbons (Fsp3) is 0.744.